The number of hydrogen-bond acceptors (Lipinski definition) is 5. The average molecular weight is 313 g/mol. The van der Waals surface area contributed by atoms with Gasteiger partial charge in [-0.1, -0.05) is 44.1 Å². The van der Waals surface area contributed by atoms with Crippen LogP contribution in [0.5, 0.6) is 0 Å². The van der Waals surface area contributed by atoms with Crippen molar-refractivity contribution < 1.29 is 8.94 Å². The zero-order valence-corrected chi connectivity index (χ0v) is 14.3. The molecule has 3 rings (SSSR count). The van der Waals surface area contributed by atoms with Crippen LogP contribution in [0.15, 0.2) is 39.3 Å². The van der Waals surface area contributed by atoms with Gasteiger partial charge in [-0.2, -0.15) is 4.98 Å². The lowest BCUT2D eigenvalue weighted by Crippen LogP contribution is -2.22. The second kappa shape index (κ2) is 5.81. The van der Waals surface area contributed by atoms with Gasteiger partial charge in [0, 0.05) is 10.8 Å². The monoisotopic (exact) mass is 313 g/mol. The number of rotatable bonds is 4. The molecule has 1 aromatic carbocycles. The van der Waals surface area contributed by atoms with E-state index < -0.39 is 0 Å². The molecule has 0 unspecified atom stereocenters. The van der Waals surface area contributed by atoms with Gasteiger partial charge in [-0.15, -0.1) is 0 Å². The highest BCUT2D eigenvalue weighted by Gasteiger charge is 2.23. The Balaban J connectivity index is 1.74. The van der Waals surface area contributed by atoms with Crippen LogP contribution < -0.4 is 0 Å². The summed E-state index contributed by atoms with van der Waals surface area (Å²) in [7, 11) is 2.03. The smallest absolute Gasteiger partial charge is 0.240 e. The van der Waals surface area contributed by atoms with E-state index in [4.69, 9.17) is 8.94 Å². The maximum absolute atomic E-state index is 5.94. The lowest BCUT2D eigenvalue weighted by Gasteiger charge is -2.20. The van der Waals surface area contributed by atoms with E-state index in [0.717, 1.165) is 22.6 Å². The highest BCUT2D eigenvalue weighted by atomic mass is 16.5. The Kier molecular flexibility index (Phi) is 3.98. The van der Waals surface area contributed by atoms with Crippen molar-refractivity contribution in [2.75, 3.05) is 7.05 Å². The highest BCUT2D eigenvalue weighted by Crippen LogP contribution is 2.27. The third-order valence-corrected chi connectivity index (χ3v) is 4.04. The molecule has 0 amide bonds. The molecule has 0 saturated heterocycles. The normalized spacial score (nSPS) is 13.8. The Morgan fingerprint density at radius 3 is 2.61 bits per heavy atom. The fourth-order valence-corrected chi connectivity index (χ4v) is 2.40. The van der Waals surface area contributed by atoms with Crippen LogP contribution in [0.2, 0.25) is 0 Å². The summed E-state index contributed by atoms with van der Waals surface area (Å²) >= 11 is 0. The van der Waals surface area contributed by atoms with Gasteiger partial charge in [0.25, 0.3) is 0 Å². The fourth-order valence-electron chi connectivity index (χ4n) is 2.40. The van der Waals surface area contributed by atoms with Gasteiger partial charge in [0.05, 0.1) is 12.6 Å². The summed E-state index contributed by atoms with van der Waals surface area (Å²) in [6.45, 7) is 8.91. The Bertz CT molecular complexity index is 765. The SMILES string of the molecule is C[C@@H](c1cc2ccccc2o1)N(C)Cc1nc(C(C)(C)C)no1. The first-order valence-corrected chi connectivity index (χ1v) is 7.86. The molecule has 0 aliphatic carbocycles. The molecule has 0 saturated carbocycles. The molecule has 5 heteroatoms. The molecule has 3 aromatic rings. The van der Waals surface area contributed by atoms with Crippen molar-refractivity contribution in [3.63, 3.8) is 0 Å². The van der Waals surface area contributed by atoms with Gasteiger partial charge in [-0.3, -0.25) is 4.90 Å². The quantitative estimate of drug-likeness (QED) is 0.718. The van der Waals surface area contributed by atoms with E-state index >= 15 is 0 Å². The van der Waals surface area contributed by atoms with Crippen molar-refractivity contribution in [3.05, 3.63) is 47.8 Å². The van der Waals surface area contributed by atoms with Crippen LogP contribution in [-0.4, -0.2) is 22.1 Å². The third-order valence-electron chi connectivity index (χ3n) is 4.04. The number of para-hydroxylation sites is 1. The number of aromatic nitrogens is 2. The van der Waals surface area contributed by atoms with E-state index in [2.05, 4.69) is 54.9 Å². The van der Waals surface area contributed by atoms with Gasteiger partial charge >= 0.3 is 0 Å². The van der Waals surface area contributed by atoms with Gasteiger partial charge in [0.15, 0.2) is 5.82 Å². The van der Waals surface area contributed by atoms with E-state index in [-0.39, 0.29) is 11.5 Å². The zero-order valence-electron chi connectivity index (χ0n) is 14.3. The Morgan fingerprint density at radius 2 is 1.96 bits per heavy atom. The number of furan rings is 1. The lowest BCUT2D eigenvalue weighted by molar-refractivity contribution is 0.197. The molecule has 5 nitrogen and oxygen atoms in total. The standard InChI is InChI=1S/C18H23N3O2/c1-12(15-10-13-8-6-7-9-14(13)22-15)21(5)11-16-19-17(20-23-16)18(2,3)4/h6-10,12H,11H2,1-5H3/t12-/m0/s1. The van der Waals surface area contributed by atoms with Crippen LogP contribution in [0.3, 0.4) is 0 Å². The summed E-state index contributed by atoms with van der Waals surface area (Å²) in [5.41, 5.74) is 0.806. The van der Waals surface area contributed by atoms with Gasteiger partial charge in [0.1, 0.15) is 11.3 Å². The van der Waals surface area contributed by atoms with Crippen LogP contribution in [-0.2, 0) is 12.0 Å². The minimum absolute atomic E-state index is 0.106. The van der Waals surface area contributed by atoms with Crippen LogP contribution in [0.25, 0.3) is 11.0 Å². The summed E-state index contributed by atoms with van der Waals surface area (Å²) < 4.78 is 11.3. The van der Waals surface area contributed by atoms with Crippen molar-refractivity contribution >= 4 is 11.0 Å². The van der Waals surface area contributed by atoms with Crippen LogP contribution in [0.4, 0.5) is 0 Å². The summed E-state index contributed by atoms with van der Waals surface area (Å²) in [5.74, 6) is 2.29. The molecule has 0 spiro atoms. The first-order chi connectivity index (χ1) is 10.8. The van der Waals surface area contributed by atoms with E-state index in [0.29, 0.717) is 12.4 Å². The summed E-state index contributed by atoms with van der Waals surface area (Å²) in [5, 5.41) is 5.19. The van der Waals surface area contributed by atoms with Crippen molar-refractivity contribution in [1.29, 1.82) is 0 Å². The van der Waals surface area contributed by atoms with Crippen LogP contribution >= 0.6 is 0 Å². The molecule has 122 valence electrons. The molecule has 0 aliphatic heterocycles. The van der Waals surface area contributed by atoms with Crippen LogP contribution in [0.1, 0.15) is 51.2 Å². The molecular formula is C18H23N3O2. The molecule has 0 fully saturated rings. The van der Waals surface area contributed by atoms with E-state index in [9.17, 15) is 0 Å². The predicted octanol–water partition coefficient (Wildman–Crippen LogP) is 4.31. The van der Waals surface area contributed by atoms with Crippen molar-refractivity contribution in [2.45, 2.75) is 45.7 Å². The minimum atomic E-state index is -0.106. The van der Waals surface area contributed by atoms with Gasteiger partial charge in [-0.25, -0.2) is 0 Å². The molecule has 23 heavy (non-hydrogen) atoms. The lowest BCUT2D eigenvalue weighted by atomic mass is 9.96. The number of fused-ring (bicyclic) bond motifs is 1. The van der Waals surface area contributed by atoms with E-state index in [1.165, 1.54) is 0 Å². The molecule has 0 bridgehead atoms. The predicted molar refractivity (Wildman–Crippen MR) is 89.1 cm³/mol. The number of nitrogens with zero attached hydrogens (tertiary/aromatic N) is 3. The maximum atomic E-state index is 5.94. The largest absolute Gasteiger partial charge is 0.459 e. The average Bonchev–Trinajstić information content (AvgIpc) is 3.11. The minimum Gasteiger partial charge on any atom is -0.459 e. The molecular weight excluding hydrogens is 290 g/mol. The summed E-state index contributed by atoms with van der Waals surface area (Å²) in [6.07, 6.45) is 0. The Labute approximate surface area is 136 Å². The second-order valence-corrected chi connectivity index (χ2v) is 7.04. The first kappa shape index (κ1) is 15.7. The summed E-state index contributed by atoms with van der Waals surface area (Å²) in [6, 6.07) is 10.2. The molecule has 2 heterocycles. The molecule has 0 N–H and O–H groups in total. The van der Waals surface area contributed by atoms with Crippen molar-refractivity contribution in [2.24, 2.45) is 0 Å². The third kappa shape index (κ3) is 3.29. The van der Waals surface area contributed by atoms with E-state index in [1.54, 1.807) is 0 Å². The first-order valence-electron chi connectivity index (χ1n) is 7.86. The van der Waals surface area contributed by atoms with Gasteiger partial charge < -0.3 is 8.94 Å². The number of benzene rings is 1. The van der Waals surface area contributed by atoms with E-state index in [1.807, 2.05) is 25.2 Å². The van der Waals surface area contributed by atoms with Crippen molar-refractivity contribution in [1.82, 2.24) is 15.0 Å². The maximum Gasteiger partial charge on any atom is 0.240 e. The topological polar surface area (TPSA) is 55.3 Å². The second-order valence-electron chi connectivity index (χ2n) is 7.04. The molecule has 1 atom stereocenters. The molecule has 0 aliphatic rings. The van der Waals surface area contributed by atoms with Crippen LogP contribution in [0, 0.1) is 0 Å². The molecule has 0 radical (unpaired) electrons. The molecule has 2 aromatic heterocycles. The summed E-state index contributed by atoms with van der Waals surface area (Å²) in [4.78, 5) is 6.63. The number of hydrogen-bond donors (Lipinski definition) is 0. The Hall–Kier alpha value is -2.14. The zero-order chi connectivity index (χ0) is 16.6. The van der Waals surface area contributed by atoms with Gasteiger partial charge in [-0.05, 0) is 26.1 Å². The Morgan fingerprint density at radius 1 is 1.22 bits per heavy atom. The van der Waals surface area contributed by atoms with Crippen molar-refractivity contribution in [3.8, 4) is 0 Å². The van der Waals surface area contributed by atoms with Gasteiger partial charge in [0.2, 0.25) is 5.89 Å². The highest BCUT2D eigenvalue weighted by molar-refractivity contribution is 5.77. The fraction of sp³-hybridized carbons (Fsp3) is 0.444.